The SMILES string of the molecule is CC(C)(C)C1CCC2(C)C(C1)c1cc(-c3ccc4c5cc6c(cc5c5ccc(-c7ccc8c(c7)C7CC(C(C)(C)C)CCC7(C)N8c7ccccc7)c3c45)c3ccc(-c4ccc5c(c4)C4CC(C(C)(C)C)CCC4(C)N5c4ccccc4)c4c(-c5ccc7c(c5)C5CC(C(C)(C)C)CCC5(C)N7c5ccccc5)ccc6c43)ccc1N2c1ccccc1. The van der Waals surface area contributed by atoms with Gasteiger partial charge in [0.25, 0.3) is 0 Å². The van der Waals surface area contributed by atoms with Crippen molar-refractivity contribution in [2.45, 2.75) is 234 Å². The highest BCUT2D eigenvalue weighted by Crippen LogP contribution is 2.68. The molecule has 0 saturated heterocycles. The van der Waals surface area contributed by atoms with Gasteiger partial charge in [-0.25, -0.2) is 0 Å². The first-order chi connectivity index (χ1) is 58.5. The van der Waals surface area contributed by atoms with Crippen molar-refractivity contribution < 1.29 is 0 Å². The molecule has 12 atom stereocenters. The van der Waals surface area contributed by atoms with Crippen LogP contribution in [0, 0.1) is 45.3 Å². The predicted molar refractivity (Wildman–Crippen MR) is 522 cm³/mol. The number of nitrogens with zero attached hydrogens (tertiary/aromatic N) is 4. The molecule has 0 bridgehead atoms. The number of rotatable bonds is 8. The van der Waals surface area contributed by atoms with Crippen molar-refractivity contribution >= 4 is 110 Å². The minimum atomic E-state index is -0.0514. The van der Waals surface area contributed by atoms with E-state index < -0.39 is 0 Å². The second-order valence-electron chi connectivity index (χ2n) is 44.9. The monoisotopic (exact) mass is 1590 g/mol. The molecule has 4 heterocycles. The van der Waals surface area contributed by atoms with Crippen molar-refractivity contribution in [1.82, 2.24) is 0 Å². The van der Waals surface area contributed by atoms with Gasteiger partial charge in [-0.2, -0.15) is 0 Å². The minimum Gasteiger partial charge on any atom is -0.335 e. The summed E-state index contributed by atoms with van der Waals surface area (Å²) in [6.45, 7) is 40.3. The Bertz CT molecular complexity index is 5930. The lowest BCUT2D eigenvalue weighted by Gasteiger charge is -2.49. The number of hydrogen-bond donors (Lipinski definition) is 0. The summed E-state index contributed by atoms with van der Waals surface area (Å²) in [6.07, 6.45) is 14.3. The van der Waals surface area contributed by atoms with Crippen LogP contribution in [0.5, 0.6) is 0 Å². The van der Waals surface area contributed by atoms with Crippen molar-refractivity contribution in [3.05, 3.63) is 277 Å². The fourth-order valence-electron chi connectivity index (χ4n) is 27.6. The van der Waals surface area contributed by atoms with E-state index in [1.807, 2.05) is 0 Å². The first kappa shape index (κ1) is 76.5. The summed E-state index contributed by atoms with van der Waals surface area (Å²) < 4.78 is 0. The van der Waals surface area contributed by atoms with Crippen molar-refractivity contribution in [2.75, 3.05) is 19.6 Å². The maximum Gasteiger partial charge on any atom is 0.0492 e. The molecule has 4 fully saturated rings. The Hall–Kier alpha value is -10.4. The summed E-state index contributed by atoms with van der Waals surface area (Å²) in [4.78, 5) is 11.0. The smallest absolute Gasteiger partial charge is 0.0492 e. The van der Waals surface area contributed by atoms with Gasteiger partial charge >= 0.3 is 0 Å². The van der Waals surface area contributed by atoms with Crippen LogP contribution in [0.25, 0.3) is 109 Å². The normalized spacial score (nSPS) is 26.4. The van der Waals surface area contributed by atoms with E-state index in [2.05, 4.69) is 385 Å². The molecule has 15 aromatic rings. The predicted octanol–water partition coefficient (Wildman–Crippen LogP) is 33.5. The van der Waals surface area contributed by atoms with Gasteiger partial charge in [0, 0.05) is 91.3 Å². The van der Waals surface area contributed by atoms with E-state index in [1.165, 1.54) is 228 Å². The standard InChI is InChI=1S/C118H122N4/c1-111(2,3)75-53-57-115(13)99(65-75)95-61-71(37-49-103(95)119(115)79-29-21-17-22-30-79)83-41-45-87-91-69-93-89-47-43-85(73-39-51-105-97(63-73)101-67-77(113(7,8)9)55-59-117(101,15)121(105)81-33-25-19-26-34-81)108-86(74-40-52-106-98(64-74)102-68-78(114(10,11)12)56-60-118(102,16)122(106)82-35-27-20-28-36-82)44-48-90(110(89)108)94(93)70-92(91)88-46-42-84(107(83)109(87)88)72-38-50-104-96(62-72)100-66-76(112(4,5)6)54-58-116(100,14)120(104)80-31-23-18-24-32-80/h17-52,61-64,69-70,75-78,99-102H,53-60,65-68H2,1-16H3. The van der Waals surface area contributed by atoms with Gasteiger partial charge in [-0.05, 0) is 391 Å². The van der Waals surface area contributed by atoms with Gasteiger partial charge in [-0.3, -0.25) is 0 Å². The Morgan fingerprint density at radius 3 is 0.648 bits per heavy atom. The molecule has 4 nitrogen and oxygen atoms in total. The molecule has 0 amide bonds. The topological polar surface area (TPSA) is 13.0 Å². The molecule has 23 rings (SSSR count). The number of fused-ring (bicyclic) bond motifs is 18. The fourth-order valence-corrected chi connectivity index (χ4v) is 27.6. The third-order valence-electron chi connectivity index (χ3n) is 34.5. The lowest BCUT2D eigenvalue weighted by atomic mass is 9.62. The average Bonchev–Trinajstić information content (AvgIpc) is 1.52. The molecule has 0 N–H and O–H groups in total. The highest BCUT2D eigenvalue weighted by molar-refractivity contribution is 6.40. The zero-order valence-electron chi connectivity index (χ0n) is 75.1. The molecule has 0 spiro atoms. The van der Waals surface area contributed by atoms with E-state index in [0.29, 0.717) is 47.3 Å². The number of para-hydroxylation sites is 4. The first-order valence-corrected chi connectivity index (χ1v) is 46.9. The maximum atomic E-state index is 2.76. The lowest BCUT2D eigenvalue weighted by Crippen LogP contribution is -2.48. The average molecular weight is 1600 g/mol. The van der Waals surface area contributed by atoms with Gasteiger partial charge < -0.3 is 19.6 Å². The second kappa shape index (κ2) is 26.6. The molecular formula is C118H122N4. The van der Waals surface area contributed by atoms with Crippen LogP contribution in [0.15, 0.2) is 255 Å². The molecule has 4 heteroatoms. The van der Waals surface area contributed by atoms with Gasteiger partial charge in [0.2, 0.25) is 0 Å². The van der Waals surface area contributed by atoms with Crippen LogP contribution in [0.3, 0.4) is 0 Å². The third-order valence-corrected chi connectivity index (χ3v) is 34.5. The molecule has 15 aromatic carbocycles. The summed E-state index contributed by atoms with van der Waals surface area (Å²) in [5.41, 5.74) is 28.0. The van der Waals surface area contributed by atoms with Gasteiger partial charge in [-0.15, -0.1) is 0 Å². The molecule has 614 valence electrons. The van der Waals surface area contributed by atoms with Crippen molar-refractivity contribution in [2.24, 2.45) is 45.3 Å². The Balaban J connectivity index is 0.751. The van der Waals surface area contributed by atoms with Crippen LogP contribution >= 0.6 is 0 Å². The maximum absolute atomic E-state index is 2.76. The molecule has 4 saturated carbocycles. The molecule has 8 aliphatic rings. The minimum absolute atomic E-state index is 0.0514. The Kier molecular flexibility index (Phi) is 16.6. The number of anilines is 8. The quantitative estimate of drug-likeness (QED) is 0.150. The summed E-state index contributed by atoms with van der Waals surface area (Å²) in [6, 6.07) is 102. The van der Waals surface area contributed by atoms with E-state index in [4.69, 9.17) is 0 Å². The van der Waals surface area contributed by atoms with Crippen LogP contribution in [0.1, 0.15) is 234 Å². The second-order valence-corrected chi connectivity index (χ2v) is 44.9. The largest absolute Gasteiger partial charge is 0.335 e. The molecule has 12 unspecified atom stereocenters. The Morgan fingerprint density at radius 1 is 0.230 bits per heavy atom. The lowest BCUT2D eigenvalue weighted by molar-refractivity contribution is 0.127. The molecule has 0 aromatic heterocycles. The van der Waals surface area contributed by atoms with Crippen molar-refractivity contribution in [1.29, 1.82) is 0 Å². The molecule has 122 heavy (non-hydrogen) atoms. The first-order valence-electron chi connectivity index (χ1n) is 46.9. The molecule has 4 aliphatic carbocycles. The summed E-state index contributed by atoms with van der Waals surface area (Å²) in [5.74, 6) is 4.03. The van der Waals surface area contributed by atoms with Crippen LogP contribution in [0.4, 0.5) is 45.5 Å². The summed E-state index contributed by atoms with van der Waals surface area (Å²) in [5, 5.41) is 16.2. The summed E-state index contributed by atoms with van der Waals surface area (Å²) in [7, 11) is 0. The fraction of sp³-hybridized carbons (Fsp3) is 0.373. The molecule has 4 aliphatic heterocycles. The van der Waals surface area contributed by atoms with E-state index in [9.17, 15) is 0 Å². The van der Waals surface area contributed by atoms with Gasteiger partial charge in [0.15, 0.2) is 0 Å². The van der Waals surface area contributed by atoms with E-state index in [1.54, 1.807) is 0 Å². The van der Waals surface area contributed by atoms with E-state index in [-0.39, 0.29) is 43.8 Å². The Morgan fingerprint density at radius 2 is 0.443 bits per heavy atom. The number of hydrogen-bond acceptors (Lipinski definition) is 4. The third kappa shape index (κ3) is 11.1. The van der Waals surface area contributed by atoms with Crippen molar-refractivity contribution in [3.8, 4) is 44.5 Å². The highest BCUT2D eigenvalue weighted by Gasteiger charge is 2.58. The van der Waals surface area contributed by atoms with E-state index in [0.717, 1.165) is 25.7 Å². The van der Waals surface area contributed by atoms with Crippen LogP contribution in [0.2, 0.25) is 0 Å². The molecular weight excluding hydrogens is 1470 g/mol. The zero-order chi connectivity index (χ0) is 83.6. The Labute approximate surface area is 725 Å². The van der Waals surface area contributed by atoms with E-state index >= 15 is 0 Å². The van der Waals surface area contributed by atoms with Crippen LogP contribution in [-0.4, -0.2) is 22.2 Å². The van der Waals surface area contributed by atoms with Crippen LogP contribution in [-0.2, 0) is 0 Å². The van der Waals surface area contributed by atoms with Gasteiger partial charge in [0.05, 0.1) is 0 Å². The van der Waals surface area contributed by atoms with Crippen LogP contribution < -0.4 is 19.6 Å². The van der Waals surface area contributed by atoms with Crippen molar-refractivity contribution in [3.63, 3.8) is 0 Å². The summed E-state index contributed by atoms with van der Waals surface area (Å²) >= 11 is 0. The highest BCUT2D eigenvalue weighted by atomic mass is 15.3. The zero-order valence-corrected chi connectivity index (χ0v) is 75.1. The van der Waals surface area contributed by atoms with Gasteiger partial charge in [0.1, 0.15) is 0 Å². The number of benzene rings is 13. The molecule has 0 radical (unpaired) electrons. The van der Waals surface area contributed by atoms with Gasteiger partial charge in [-0.1, -0.05) is 229 Å².